The molecule has 2 aromatic carbocycles. The summed E-state index contributed by atoms with van der Waals surface area (Å²) in [5, 5.41) is 2.87. The van der Waals surface area contributed by atoms with E-state index in [1.165, 1.54) is 6.92 Å². The van der Waals surface area contributed by atoms with E-state index in [9.17, 15) is 9.59 Å². The second kappa shape index (κ2) is 9.40. The zero-order chi connectivity index (χ0) is 20.8. The lowest BCUT2D eigenvalue weighted by Crippen LogP contribution is -2.33. The third kappa shape index (κ3) is 5.84. The smallest absolute Gasteiger partial charge is 0.226 e. The predicted molar refractivity (Wildman–Crippen MR) is 114 cm³/mol. The summed E-state index contributed by atoms with van der Waals surface area (Å²) in [4.78, 5) is 26.3. The highest BCUT2D eigenvalue weighted by molar-refractivity contribution is 5.96. The van der Waals surface area contributed by atoms with Gasteiger partial charge in [0.25, 0.3) is 0 Å². The molecule has 0 aliphatic carbocycles. The van der Waals surface area contributed by atoms with Gasteiger partial charge in [0.2, 0.25) is 11.8 Å². The Bertz CT molecular complexity index is 818. The molecule has 0 saturated heterocycles. The number of hydrogen-bond donors (Lipinski definition) is 1. The zero-order valence-corrected chi connectivity index (χ0v) is 17.6. The number of carbonyl (C=O) groups is 2. The van der Waals surface area contributed by atoms with Crippen molar-refractivity contribution in [3.05, 3.63) is 53.1 Å². The number of benzene rings is 2. The standard InChI is InChI=1S/C23H30N2O3/c1-15(2)28-21-9-7-20(8-10-21)24-22(27)11-12-25(19(6)26)23-17(4)13-16(3)14-18(23)5/h7-10,13-15H,11-12H2,1-6H3,(H,24,27). The summed E-state index contributed by atoms with van der Waals surface area (Å²) < 4.78 is 5.60. The van der Waals surface area contributed by atoms with Crippen molar-refractivity contribution in [1.82, 2.24) is 0 Å². The van der Waals surface area contributed by atoms with Crippen LogP contribution < -0.4 is 15.0 Å². The number of ether oxygens (including phenoxy) is 1. The van der Waals surface area contributed by atoms with E-state index < -0.39 is 0 Å². The van der Waals surface area contributed by atoms with Crippen LogP contribution in [0.15, 0.2) is 36.4 Å². The first-order chi connectivity index (χ1) is 13.2. The normalized spacial score (nSPS) is 10.7. The maximum absolute atomic E-state index is 12.4. The van der Waals surface area contributed by atoms with Gasteiger partial charge in [-0.3, -0.25) is 9.59 Å². The summed E-state index contributed by atoms with van der Waals surface area (Å²) in [6.45, 7) is 11.8. The Labute approximate surface area is 167 Å². The average molecular weight is 383 g/mol. The molecule has 2 amide bonds. The average Bonchev–Trinajstić information content (AvgIpc) is 2.58. The van der Waals surface area contributed by atoms with Crippen molar-refractivity contribution in [2.45, 2.75) is 54.1 Å². The molecule has 2 rings (SSSR count). The third-order valence-corrected chi connectivity index (χ3v) is 4.36. The molecular formula is C23H30N2O3. The van der Waals surface area contributed by atoms with Gasteiger partial charge in [-0.15, -0.1) is 0 Å². The molecule has 5 nitrogen and oxygen atoms in total. The number of amides is 2. The van der Waals surface area contributed by atoms with E-state index in [-0.39, 0.29) is 24.3 Å². The van der Waals surface area contributed by atoms with Crippen molar-refractivity contribution in [3.8, 4) is 5.75 Å². The fraction of sp³-hybridized carbons (Fsp3) is 0.391. The molecule has 0 unspecified atom stereocenters. The zero-order valence-electron chi connectivity index (χ0n) is 17.6. The Balaban J connectivity index is 2.02. The van der Waals surface area contributed by atoms with E-state index in [0.29, 0.717) is 12.2 Å². The fourth-order valence-corrected chi connectivity index (χ4v) is 3.35. The molecule has 0 saturated carbocycles. The van der Waals surface area contributed by atoms with Crippen LogP contribution in [0.4, 0.5) is 11.4 Å². The highest BCUT2D eigenvalue weighted by Gasteiger charge is 2.18. The Morgan fingerprint density at radius 1 is 1.04 bits per heavy atom. The van der Waals surface area contributed by atoms with Crippen molar-refractivity contribution in [2.75, 3.05) is 16.8 Å². The molecule has 0 aliphatic heterocycles. The second-order valence-corrected chi connectivity index (χ2v) is 7.41. The van der Waals surface area contributed by atoms with Gasteiger partial charge in [-0.05, 0) is 70.0 Å². The molecule has 0 aliphatic rings. The van der Waals surface area contributed by atoms with Crippen LogP contribution in [0.5, 0.6) is 5.75 Å². The van der Waals surface area contributed by atoms with Gasteiger partial charge in [0.15, 0.2) is 0 Å². The number of aryl methyl sites for hydroxylation is 3. The number of carbonyl (C=O) groups excluding carboxylic acids is 2. The van der Waals surface area contributed by atoms with Crippen LogP contribution in [0.1, 0.15) is 43.9 Å². The molecule has 28 heavy (non-hydrogen) atoms. The molecule has 2 aromatic rings. The van der Waals surface area contributed by atoms with Crippen LogP contribution in [-0.2, 0) is 9.59 Å². The molecule has 5 heteroatoms. The van der Waals surface area contributed by atoms with Gasteiger partial charge in [-0.1, -0.05) is 17.7 Å². The summed E-state index contributed by atoms with van der Waals surface area (Å²) in [5.41, 5.74) is 4.83. The Hall–Kier alpha value is -2.82. The van der Waals surface area contributed by atoms with Crippen LogP contribution in [0.25, 0.3) is 0 Å². The minimum absolute atomic E-state index is 0.0713. The van der Waals surface area contributed by atoms with Gasteiger partial charge in [0.1, 0.15) is 5.75 Å². The van der Waals surface area contributed by atoms with Crippen LogP contribution in [0.2, 0.25) is 0 Å². The van der Waals surface area contributed by atoms with Gasteiger partial charge in [-0.2, -0.15) is 0 Å². The molecule has 150 valence electrons. The van der Waals surface area contributed by atoms with Crippen LogP contribution in [-0.4, -0.2) is 24.5 Å². The number of anilines is 2. The van der Waals surface area contributed by atoms with Crippen molar-refractivity contribution >= 4 is 23.2 Å². The first-order valence-corrected chi connectivity index (χ1v) is 9.60. The second-order valence-electron chi connectivity index (χ2n) is 7.41. The topological polar surface area (TPSA) is 58.6 Å². The molecule has 0 radical (unpaired) electrons. The third-order valence-electron chi connectivity index (χ3n) is 4.36. The van der Waals surface area contributed by atoms with Gasteiger partial charge in [0.05, 0.1) is 6.10 Å². The molecule has 0 fully saturated rings. The number of hydrogen-bond acceptors (Lipinski definition) is 3. The van der Waals surface area contributed by atoms with Crippen molar-refractivity contribution < 1.29 is 14.3 Å². The van der Waals surface area contributed by atoms with Crippen molar-refractivity contribution in [3.63, 3.8) is 0 Å². The summed E-state index contributed by atoms with van der Waals surface area (Å²) in [7, 11) is 0. The minimum Gasteiger partial charge on any atom is -0.491 e. The van der Waals surface area contributed by atoms with E-state index in [0.717, 1.165) is 28.1 Å². The molecular weight excluding hydrogens is 352 g/mol. The largest absolute Gasteiger partial charge is 0.491 e. The van der Waals surface area contributed by atoms with Crippen molar-refractivity contribution in [2.24, 2.45) is 0 Å². The van der Waals surface area contributed by atoms with Gasteiger partial charge < -0.3 is 15.0 Å². The van der Waals surface area contributed by atoms with Crippen molar-refractivity contribution in [1.29, 1.82) is 0 Å². The lowest BCUT2D eigenvalue weighted by Gasteiger charge is -2.25. The molecule has 0 bridgehead atoms. The Morgan fingerprint density at radius 3 is 2.11 bits per heavy atom. The summed E-state index contributed by atoms with van der Waals surface area (Å²) in [6, 6.07) is 11.4. The summed E-state index contributed by atoms with van der Waals surface area (Å²) >= 11 is 0. The monoisotopic (exact) mass is 382 g/mol. The van der Waals surface area contributed by atoms with Crippen LogP contribution in [0.3, 0.4) is 0 Å². The Kier molecular flexibility index (Phi) is 7.21. The molecule has 0 atom stereocenters. The molecule has 0 heterocycles. The highest BCUT2D eigenvalue weighted by atomic mass is 16.5. The summed E-state index contributed by atoms with van der Waals surface area (Å²) in [5.74, 6) is 0.560. The van der Waals surface area contributed by atoms with Gasteiger partial charge in [0, 0.05) is 31.3 Å². The highest BCUT2D eigenvalue weighted by Crippen LogP contribution is 2.27. The molecule has 0 aromatic heterocycles. The first-order valence-electron chi connectivity index (χ1n) is 9.60. The quantitative estimate of drug-likeness (QED) is 0.750. The van der Waals surface area contributed by atoms with Gasteiger partial charge >= 0.3 is 0 Å². The van der Waals surface area contributed by atoms with E-state index >= 15 is 0 Å². The number of nitrogens with one attached hydrogen (secondary N) is 1. The summed E-state index contributed by atoms with van der Waals surface area (Å²) in [6.07, 6.45) is 0.322. The van der Waals surface area contributed by atoms with E-state index in [1.54, 1.807) is 4.90 Å². The fourth-order valence-electron chi connectivity index (χ4n) is 3.35. The molecule has 0 spiro atoms. The molecule has 1 N–H and O–H groups in total. The minimum atomic E-state index is -0.133. The maximum atomic E-state index is 12.4. The van der Waals surface area contributed by atoms with Crippen LogP contribution in [0, 0.1) is 20.8 Å². The Morgan fingerprint density at radius 2 is 1.61 bits per heavy atom. The first kappa shape index (κ1) is 21.5. The SMILES string of the molecule is CC(=O)N(CCC(=O)Nc1ccc(OC(C)C)cc1)c1c(C)cc(C)cc1C. The van der Waals surface area contributed by atoms with Gasteiger partial charge in [-0.25, -0.2) is 0 Å². The lowest BCUT2D eigenvalue weighted by molar-refractivity contribution is -0.117. The van der Waals surface area contributed by atoms with Crippen LogP contribution >= 0.6 is 0 Å². The van der Waals surface area contributed by atoms with E-state index in [2.05, 4.69) is 17.4 Å². The lowest BCUT2D eigenvalue weighted by atomic mass is 10.0. The van der Waals surface area contributed by atoms with E-state index in [4.69, 9.17) is 4.74 Å². The maximum Gasteiger partial charge on any atom is 0.226 e. The predicted octanol–water partition coefficient (Wildman–Crippen LogP) is 4.78. The van der Waals surface area contributed by atoms with E-state index in [1.807, 2.05) is 58.9 Å². The number of rotatable bonds is 7. The number of nitrogens with zero attached hydrogens (tertiary/aromatic N) is 1.